The van der Waals surface area contributed by atoms with E-state index in [4.69, 9.17) is 10.5 Å². The van der Waals surface area contributed by atoms with Gasteiger partial charge in [-0.15, -0.1) is 0 Å². The number of likely N-dealkylation sites (N-methyl/N-ethyl adjacent to an activating group) is 1. The summed E-state index contributed by atoms with van der Waals surface area (Å²) in [5, 5.41) is 3.33. The lowest BCUT2D eigenvalue weighted by Crippen LogP contribution is -2.40. The minimum Gasteiger partial charge on any atom is -0.488 e. The Balaban J connectivity index is 1.62. The number of ether oxygens (including phenoxy) is 1. The number of guanidine groups is 1. The fourth-order valence-corrected chi connectivity index (χ4v) is 3.49. The van der Waals surface area contributed by atoms with Crippen molar-refractivity contribution in [2.75, 3.05) is 19.6 Å². The van der Waals surface area contributed by atoms with Crippen molar-refractivity contribution in [3.05, 3.63) is 29.8 Å². The minimum absolute atomic E-state index is 0.0600. The van der Waals surface area contributed by atoms with Gasteiger partial charge in [-0.1, -0.05) is 25.1 Å². The second-order valence-corrected chi connectivity index (χ2v) is 6.13. The number of benzene rings is 1. The molecular formula is C17H26N4O. The van der Waals surface area contributed by atoms with E-state index in [1.807, 2.05) is 18.2 Å². The number of rotatable bonds is 4. The van der Waals surface area contributed by atoms with Crippen LogP contribution >= 0.6 is 0 Å². The third-order valence-electron chi connectivity index (χ3n) is 4.72. The lowest BCUT2D eigenvalue weighted by Gasteiger charge is -2.22. The van der Waals surface area contributed by atoms with E-state index >= 15 is 0 Å². The maximum atomic E-state index is 6.10. The topological polar surface area (TPSA) is 62.9 Å². The highest BCUT2D eigenvalue weighted by molar-refractivity contribution is 5.78. The number of hydrogen-bond donors (Lipinski definition) is 2. The molecule has 22 heavy (non-hydrogen) atoms. The molecule has 3 N–H and O–H groups in total. The van der Waals surface area contributed by atoms with Gasteiger partial charge in [0, 0.05) is 11.6 Å². The van der Waals surface area contributed by atoms with Crippen LogP contribution in [0.5, 0.6) is 5.75 Å². The van der Waals surface area contributed by atoms with Crippen molar-refractivity contribution >= 4 is 5.96 Å². The summed E-state index contributed by atoms with van der Waals surface area (Å²) in [5.74, 6) is 1.45. The molecule has 5 heteroatoms. The second kappa shape index (κ2) is 6.57. The van der Waals surface area contributed by atoms with Crippen LogP contribution in [0.2, 0.25) is 0 Å². The van der Waals surface area contributed by atoms with E-state index in [0.29, 0.717) is 12.0 Å². The lowest BCUT2D eigenvalue weighted by molar-refractivity contribution is 0.219. The number of nitrogens with zero attached hydrogens (tertiary/aromatic N) is 2. The van der Waals surface area contributed by atoms with Gasteiger partial charge in [0.05, 0.1) is 12.6 Å². The molecule has 1 saturated heterocycles. The van der Waals surface area contributed by atoms with Crippen LogP contribution in [0.15, 0.2) is 29.3 Å². The first-order chi connectivity index (χ1) is 10.7. The zero-order chi connectivity index (χ0) is 15.5. The molecule has 0 saturated carbocycles. The number of nitrogens with two attached hydrogens (primary N) is 1. The van der Waals surface area contributed by atoms with Gasteiger partial charge in [-0.3, -0.25) is 9.89 Å². The van der Waals surface area contributed by atoms with E-state index in [0.717, 1.165) is 24.4 Å². The van der Waals surface area contributed by atoms with Crippen molar-refractivity contribution in [3.8, 4) is 5.75 Å². The third-order valence-corrected chi connectivity index (χ3v) is 4.72. The fourth-order valence-electron chi connectivity index (χ4n) is 3.49. The quantitative estimate of drug-likeness (QED) is 0.659. The van der Waals surface area contributed by atoms with Crippen molar-refractivity contribution < 1.29 is 4.74 Å². The molecule has 3 atom stereocenters. The number of aliphatic imine (C=N–C) groups is 1. The Morgan fingerprint density at radius 3 is 3.09 bits per heavy atom. The van der Waals surface area contributed by atoms with E-state index in [2.05, 4.69) is 35.1 Å². The lowest BCUT2D eigenvalue weighted by atomic mass is 10.1. The first-order valence-electron chi connectivity index (χ1n) is 8.25. The summed E-state index contributed by atoms with van der Waals surface area (Å²) in [5.41, 5.74) is 7.26. The molecular weight excluding hydrogens is 276 g/mol. The van der Waals surface area contributed by atoms with E-state index in [1.54, 1.807) is 0 Å². The van der Waals surface area contributed by atoms with Crippen LogP contribution in [-0.4, -0.2) is 42.6 Å². The molecule has 1 fully saturated rings. The number of nitrogens with one attached hydrogen (secondary N) is 1. The average molecular weight is 302 g/mol. The first-order valence-corrected chi connectivity index (χ1v) is 8.25. The van der Waals surface area contributed by atoms with Gasteiger partial charge >= 0.3 is 0 Å². The Labute approximate surface area is 132 Å². The third kappa shape index (κ3) is 3.04. The van der Waals surface area contributed by atoms with Gasteiger partial charge in [0.2, 0.25) is 0 Å². The largest absolute Gasteiger partial charge is 0.488 e. The van der Waals surface area contributed by atoms with Gasteiger partial charge < -0.3 is 15.8 Å². The van der Waals surface area contributed by atoms with Gasteiger partial charge in [-0.25, -0.2) is 0 Å². The molecule has 3 unspecified atom stereocenters. The molecule has 0 bridgehead atoms. The van der Waals surface area contributed by atoms with Crippen LogP contribution in [0.1, 0.15) is 38.3 Å². The van der Waals surface area contributed by atoms with E-state index in [-0.39, 0.29) is 12.1 Å². The van der Waals surface area contributed by atoms with Crippen molar-refractivity contribution in [1.29, 1.82) is 0 Å². The smallest absolute Gasteiger partial charge is 0.189 e. The van der Waals surface area contributed by atoms with Crippen LogP contribution in [0, 0.1) is 0 Å². The SMILES string of the molecule is CCN1CCCC1CN=C(N)NC1c2ccccc2OC1C. The molecule has 0 aromatic heterocycles. The predicted octanol–water partition coefficient (Wildman–Crippen LogP) is 1.90. The number of para-hydroxylation sites is 1. The van der Waals surface area contributed by atoms with Crippen LogP contribution in [0.3, 0.4) is 0 Å². The molecule has 1 aromatic carbocycles. The van der Waals surface area contributed by atoms with Crippen molar-refractivity contribution in [2.24, 2.45) is 10.7 Å². The van der Waals surface area contributed by atoms with E-state index in [9.17, 15) is 0 Å². The van der Waals surface area contributed by atoms with Crippen LogP contribution in [-0.2, 0) is 0 Å². The number of hydrogen-bond acceptors (Lipinski definition) is 3. The van der Waals surface area contributed by atoms with E-state index < -0.39 is 0 Å². The average Bonchev–Trinajstić information content (AvgIpc) is 3.10. The molecule has 2 aliphatic rings. The summed E-state index contributed by atoms with van der Waals surface area (Å²) in [4.78, 5) is 7.04. The Kier molecular flexibility index (Phi) is 4.52. The highest BCUT2D eigenvalue weighted by atomic mass is 16.5. The van der Waals surface area contributed by atoms with Crippen LogP contribution < -0.4 is 15.8 Å². The van der Waals surface area contributed by atoms with Crippen LogP contribution in [0.4, 0.5) is 0 Å². The molecule has 1 aromatic rings. The van der Waals surface area contributed by atoms with Gasteiger partial charge in [0.1, 0.15) is 11.9 Å². The zero-order valence-electron chi connectivity index (χ0n) is 13.5. The van der Waals surface area contributed by atoms with Crippen molar-refractivity contribution in [2.45, 2.75) is 44.9 Å². The van der Waals surface area contributed by atoms with Gasteiger partial charge in [0.15, 0.2) is 5.96 Å². The first kappa shape index (κ1) is 15.2. The molecule has 5 nitrogen and oxygen atoms in total. The molecule has 0 amide bonds. The summed E-state index contributed by atoms with van der Waals surface area (Å²) in [7, 11) is 0. The summed E-state index contributed by atoms with van der Waals surface area (Å²) >= 11 is 0. The highest BCUT2D eigenvalue weighted by Gasteiger charge is 2.31. The highest BCUT2D eigenvalue weighted by Crippen LogP contribution is 2.35. The Morgan fingerprint density at radius 1 is 1.45 bits per heavy atom. The number of likely N-dealkylation sites (tertiary alicyclic amines) is 1. The Hall–Kier alpha value is -1.75. The maximum absolute atomic E-state index is 6.10. The predicted molar refractivity (Wildman–Crippen MR) is 89.2 cm³/mol. The summed E-state index contributed by atoms with van der Waals surface area (Å²) < 4.78 is 5.85. The van der Waals surface area contributed by atoms with Crippen molar-refractivity contribution in [1.82, 2.24) is 10.2 Å². The van der Waals surface area contributed by atoms with Gasteiger partial charge in [-0.05, 0) is 38.9 Å². The van der Waals surface area contributed by atoms with Gasteiger partial charge in [0.25, 0.3) is 0 Å². The fraction of sp³-hybridized carbons (Fsp3) is 0.588. The molecule has 0 radical (unpaired) electrons. The minimum atomic E-state index is 0.0600. The molecule has 0 aliphatic carbocycles. The monoisotopic (exact) mass is 302 g/mol. The number of fused-ring (bicyclic) bond motifs is 1. The molecule has 3 rings (SSSR count). The second-order valence-electron chi connectivity index (χ2n) is 6.13. The normalized spacial score (nSPS) is 28.5. The molecule has 2 aliphatic heterocycles. The standard InChI is InChI=1S/C17H26N4O/c1-3-21-10-6-7-13(21)11-19-17(18)20-16-12(2)22-15-9-5-4-8-14(15)16/h4-5,8-9,12-13,16H,3,6-7,10-11H2,1-2H3,(H3,18,19,20). The summed E-state index contributed by atoms with van der Waals surface area (Å²) in [6, 6.07) is 8.71. The van der Waals surface area contributed by atoms with Crippen LogP contribution in [0.25, 0.3) is 0 Å². The maximum Gasteiger partial charge on any atom is 0.189 e. The molecule has 120 valence electrons. The Bertz CT molecular complexity index is 545. The van der Waals surface area contributed by atoms with Crippen molar-refractivity contribution in [3.63, 3.8) is 0 Å². The summed E-state index contributed by atoms with van der Waals surface area (Å²) in [6.45, 7) is 7.31. The Morgan fingerprint density at radius 2 is 2.27 bits per heavy atom. The zero-order valence-corrected chi connectivity index (χ0v) is 13.5. The summed E-state index contributed by atoms with van der Waals surface area (Å²) in [6.07, 6.45) is 2.54. The van der Waals surface area contributed by atoms with Gasteiger partial charge in [-0.2, -0.15) is 0 Å². The molecule has 0 spiro atoms. The molecule has 2 heterocycles. The van der Waals surface area contributed by atoms with E-state index in [1.165, 1.54) is 19.4 Å².